The van der Waals surface area contributed by atoms with Gasteiger partial charge in [-0.2, -0.15) is 5.10 Å². The lowest BCUT2D eigenvalue weighted by Gasteiger charge is -2.49. The fraction of sp³-hybridized carbons (Fsp3) is 0.714. The zero-order valence-electron chi connectivity index (χ0n) is 23.1. The van der Waals surface area contributed by atoms with Crippen molar-refractivity contribution in [1.29, 1.82) is 0 Å². The number of ether oxygens (including phenoxy) is 2. The Kier molecular flexibility index (Phi) is 7.28. The van der Waals surface area contributed by atoms with Gasteiger partial charge in [0.15, 0.2) is 5.75 Å². The van der Waals surface area contributed by atoms with Crippen LogP contribution in [0.4, 0.5) is 10.5 Å². The number of nitro groups is 1. The number of rotatable bonds is 4. The number of hydrogen-bond donors (Lipinski definition) is 0. The molecule has 5 rings (SSSR count). The highest BCUT2D eigenvalue weighted by molar-refractivity contribution is 5.83. The maximum Gasteiger partial charge on any atom is 0.410 e. The Balaban J connectivity index is 1.12. The molecule has 3 aliphatic rings. The second-order valence-corrected chi connectivity index (χ2v) is 12.4. The number of benzene rings is 1. The van der Waals surface area contributed by atoms with Crippen molar-refractivity contribution in [2.45, 2.75) is 89.8 Å². The standard InChI is InChI=1S/C28H41N5O5/c1-27(2,3)38-26(34)31-15-11-28(12-16-31)9-13-30(14-10-28)21-5-7-22(8-6-21)32-19-20-17-24(33(35)36)25(37-4)18-23(20)29-32/h17-19,21-22H,5-16H2,1-4H3/t21-,22-. The van der Waals surface area contributed by atoms with Crippen molar-refractivity contribution in [3.05, 3.63) is 28.4 Å². The Hall–Kier alpha value is -2.88. The molecule has 10 heteroatoms. The minimum Gasteiger partial charge on any atom is -0.490 e. The van der Waals surface area contributed by atoms with Crippen molar-refractivity contribution in [2.75, 3.05) is 33.3 Å². The molecule has 208 valence electrons. The number of carbonyl (C=O) groups is 1. The fourth-order valence-electron chi connectivity index (χ4n) is 6.59. The highest BCUT2D eigenvalue weighted by atomic mass is 16.6. The van der Waals surface area contributed by atoms with E-state index in [9.17, 15) is 14.9 Å². The van der Waals surface area contributed by atoms with Crippen LogP contribution in [0.15, 0.2) is 18.3 Å². The van der Waals surface area contributed by atoms with Crippen LogP contribution in [0, 0.1) is 15.5 Å². The predicted molar refractivity (Wildman–Crippen MR) is 145 cm³/mol. The van der Waals surface area contributed by atoms with Gasteiger partial charge >= 0.3 is 11.8 Å². The first-order valence-electron chi connectivity index (χ1n) is 14.0. The van der Waals surface area contributed by atoms with Gasteiger partial charge in [-0.3, -0.25) is 14.8 Å². The van der Waals surface area contributed by atoms with Crippen molar-refractivity contribution < 1.29 is 19.2 Å². The van der Waals surface area contributed by atoms with Gasteiger partial charge in [0.1, 0.15) is 5.60 Å². The summed E-state index contributed by atoms with van der Waals surface area (Å²) in [4.78, 5) is 28.0. The molecule has 0 unspecified atom stereocenters. The smallest absolute Gasteiger partial charge is 0.410 e. The summed E-state index contributed by atoms with van der Waals surface area (Å²) in [5, 5.41) is 16.9. The number of nitrogens with zero attached hydrogens (tertiary/aromatic N) is 5. The summed E-state index contributed by atoms with van der Waals surface area (Å²) < 4.78 is 12.8. The summed E-state index contributed by atoms with van der Waals surface area (Å²) >= 11 is 0. The predicted octanol–water partition coefficient (Wildman–Crippen LogP) is 5.55. The number of aromatic nitrogens is 2. The van der Waals surface area contributed by atoms with Gasteiger partial charge in [-0.1, -0.05) is 0 Å². The third-order valence-corrected chi connectivity index (χ3v) is 8.91. The molecule has 1 spiro atoms. The second kappa shape index (κ2) is 10.4. The first-order chi connectivity index (χ1) is 18.1. The average Bonchev–Trinajstić information content (AvgIpc) is 3.31. The Morgan fingerprint density at radius 2 is 1.63 bits per heavy atom. The Morgan fingerprint density at radius 3 is 2.21 bits per heavy atom. The number of carbonyl (C=O) groups excluding carboxylic acids is 1. The maximum absolute atomic E-state index is 12.5. The van der Waals surface area contributed by atoms with Gasteiger partial charge in [0.05, 0.1) is 23.6 Å². The van der Waals surface area contributed by atoms with Crippen LogP contribution in [-0.2, 0) is 4.74 Å². The number of hydrogen-bond acceptors (Lipinski definition) is 7. The van der Waals surface area contributed by atoms with Crippen molar-refractivity contribution in [3.8, 4) is 5.75 Å². The highest BCUT2D eigenvalue weighted by Crippen LogP contribution is 2.43. The molecule has 38 heavy (non-hydrogen) atoms. The van der Waals surface area contributed by atoms with Gasteiger partial charge in [-0.15, -0.1) is 0 Å². The molecule has 1 aliphatic carbocycles. The molecule has 2 aliphatic heterocycles. The molecule has 1 aromatic carbocycles. The lowest BCUT2D eigenvalue weighted by atomic mass is 9.71. The zero-order valence-corrected chi connectivity index (χ0v) is 23.1. The minimum absolute atomic E-state index is 0.0263. The number of fused-ring (bicyclic) bond motifs is 1. The Morgan fingerprint density at radius 1 is 1.03 bits per heavy atom. The van der Waals surface area contributed by atoms with Gasteiger partial charge in [-0.25, -0.2) is 4.79 Å². The van der Waals surface area contributed by atoms with Crippen LogP contribution in [0.2, 0.25) is 0 Å². The third kappa shape index (κ3) is 5.60. The van der Waals surface area contributed by atoms with E-state index in [0.29, 0.717) is 17.5 Å². The van der Waals surface area contributed by atoms with Crippen LogP contribution < -0.4 is 4.74 Å². The summed E-state index contributed by atoms with van der Waals surface area (Å²) in [5.74, 6) is 0.245. The molecule has 0 N–H and O–H groups in total. The fourth-order valence-corrected chi connectivity index (χ4v) is 6.59. The van der Waals surface area contributed by atoms with Crippen molar-refractivity contribution in [3.63, 3.8) is 0 Å². The highest BCUT2D eigenvalue weighted by Gasteiger charge is 2.41. The number of nitro benzene ring substituents is 1. The molecule has 1 aromatic heterocycles. The molecule has 1 amide bonds. The van der Waals surface area contributed by atoms with Gasteiger partial charge in [0.25, 0.3) is 0 Å². The van der Waals surface area contributed by atoms with Crippen LogP contribution in [0.5, 0.6) is 5.75 Å². The van der Waals surface area contributed by atoms with Gasteiger partial charge in [0, 0.05) is 42.8 Å². The summed E-state index contributed by atoms with van der Waals surface area (Å²) in [6, 6.07) is 4.15. The molecule has 3 fully saturated rings. The Labute approximate surface area is 224 Å². The van der Waals surface area contributed by atoms with Crippen molar-refractivity contribution in [2.24, 2.45) is 5.41 Å². The van der Waals surface area contributed by atoms with Crippen LogP contribution in [0.25, 0.3) is 10.9 Å². The van der Waals surface area contributed by atoms with Crippen LogP contribution in [0.3, 0.4) is 0 Å². The third-order valence-electron chi connectivity index (χ3n) is 8.91. The molecular formula is C28H41N5O5. The molecular weight excluding hydrogens is 486 g/mol. The number of piperidine rings is 2. The lowest BCUT2D eigenvalue weighted by Crippen LogP contribution is -2.51. The summed E-state index contributed by atoms with van der Waals surface area (Å²) in [6.45, 7) is 9.63. The van der Waals surface area contributed by atoms with E-state index in [1.54, 1.807) is 12.1 Å². The van der Waals surface area contributed by atoms with Crippen molar-refractivity contribution in [1.82, 2.24) is 19.6 Å². The molecule has 0 atom stereocenters. The van der Waals surface area contributed by atoms with E-state index in [2.05, 4.69) is 4.90 Å². The monoisotopic (exact) mass is 527 g/mol. The summed E-state index contributed by atoms with van der Waals surface area (Å²) in [6.07, 6.45) is 10.7. The van der Waals surface area contributed by atoms with Gasteiger partial charge in [0.2, 0.25) is 0 Å². The van der Waals surface area contributed by atoms with E-state index >= 15 is 0 Å². The number of methoxy groups -OCH3 is 1. The lowest BCUT2D eigenvalue weighted by molar-refractivity contribution is -0.385. The average molecular weight is 528 g/mol. The van der Waals surface area contributed by atoms with Crippen molar-refractivity contribution >= 4 is 22.7 Å². The Bertz CT molecular complexity index is 1160. The molecule has 2 aromatic rings. The normalized spacial score (nSPS) is 24.5. The molecule has 1 saturated carbocycles. The van der Waals surface area contributed by atoms with Crippen LogP contribution in [0.1, 0.15) is 78.2 Å². The minimum atomic E-state index is -0.449. The van der Waals surface area contributed by atoms with E-state index in [0.717, 1.165) is 75.6 Å². The van der Waals surface area contributed by atoms with E-state index in [1.165, 1.54) is 20.0 Å². The largest absolute Gasteiger partial charge is 0.490 e. The van der Waals surface area contributed by atoms with Gasteiger partial charge in [-0.05, 0) is 90.6 Å². The molecule has 10 nitrogen and oxygen atoms in total. The second-order valence-electron chi connectivity index (χ2n) is 12.4. The van der Waals surface area contributed by atoms with Gasteiger partial charge < -0.3 is 19.3 Å². The first kappa shape index (κ1) is 26.7. The zero-order chi connectivity index (χ0) is 27.1. The number of amides is 1. The first-order valence-corrected chi connectivity index (χ1v) is 14.0. The van der Waals surface area contributed by atoms with E-state index in [-0.39, 0.29) is 17.5 Å². The SMILES string of the molecule is COc1cc2nn([C@H]3CC[C@H](N4CCC5(CCN(C(=O)OC(C)(C)C)CC5)CC4)CC3)cc2cc1[N+](=O)[O-]. The molecule has 0 radical (unpaired) electrons. The van der Waals surface area contributed by atoms with Crippen LogP contribution >= 0.6 is 0 Å². The van der Waals surface area contributed by atoms with E-state index in [4.69, 9.17) is 14.6 Å². The summed E-state index contributed by atoms with van der Waals surface area (Å²) in [7, 11) is 1.45. The number of likely N-dealkylation sites (tertiary alicyclic amines) is 2. The quantitative estimate of drug-likeness (QED) is 0.379. The topological polar surface area (TPSA) is 103 Å². The molecule has 0 bridgehead atoms. The van der Waals surface area contributed by atoms with E-state index < -0.39 is 10.5 Å². The maximum atomic E-state index is 12.5. The molecule has 2 saturated heterocycles. The summed E-state index contributed by atoms with van der Waals surface area (Å²) in [5.41, 5.74) is 0.621. The molecule has 3 heterocycles. The van der Waals surface area contributed by atoms with E-state index in [1.807, 2.05) is 36.5 Å². The van der Waals surface area contributed by atoms with Crippen LogP contribution in [-0.4, -0.2) is 75.5 Å².